The number of thiazole rings is 1. The molecule has 0 aliphatic carbocycles. The number of hydrogen-bond acceptors (Lipinski definition) is 4. The van der Waals surface area contributed by atoms with Gasteiger partial charge in [-0.1, -0.05) is 6.92 Å². The van der Waals surface area contributed by atoms with Gasteiger partial charge in [-0.2, -0.15) is 0 Å². The zero-order chi connectivity index (χ0) is 10.8. The molecule has 15 heavy (non-hydrogen) atoms. The highest BCUT2D eigenvalue weighted by molar-refractivity contribution is 7.13. The molecular formula is C10H14N2O2S. The number of carboxylic acid groups (broad SMARTS) is 1. The molecule has 1 aliphatic rings. The largest absolute Gasteiger partial charge is 0.476 e. The van der Waals surface area contributed by atoms with E-state index < -0.39 is 5.97 Å². The SMILES string of the molecule is CC1CCCN(c2nc(C(=O)O)cs2)C1. The van der Waals surface area contributed by atoms with Crippen LogP contribution in [0.5, 0.6) is 0 Å². The summed E-state index contributed by atoms with van der Waals surface area (Å²) in [6, 6.07) is 0. The van der Waals surface area contributed by atoms with Gasteiger partial charge in [0.05, 0.1) is 0 Å². The zero-order valence-electron chi connectivity index (χ0n) is 8.64. The van der Waals surface area contributed by atoms with E-state index in [1.54, 1.807) is 5.38 Å². The molecule has 0 spiro atoms. The summed E-state index contributed by atoms with van der Waals surface area (Å²) in [5.41, 5.74) is 0.160. The van der Waals surface area contributed by atoms with Crippen molar-refractivity contribution in [2.24, 2.45) is 5.92 Å². The van der Waals surface area contributed by atoms with Crippen LogP contribution >= 0.6 is 11.3 Å². The second-order valence-corrected chi connectivity index (χ2v) is 4.85. The lowest BCUT2D eigenvalue weighted by molar-refractivity contribution is 0.0691. The fourth-order valence-electron chi connectivity index (χ4n) is 1.87. The molecule has 1 fully saturated rings. The molecule has 1 atom stereocenters. The Morgan fingerprint density at radius 3 is 3.13 bits per heavy atom. The molecule has 4 nitrogen and oxygen atoms in total. The molecule has 2 heterocycles. The van der Waals surface area contributed by atoms with E-state index >= 15 is 0 Å². The van der Waals surface area contributed by atoms with Gasteiger partial charge in [-0.3, -0.25) is 0 Å². The van der Waals surface area contributed by atoms with Crippen LogP contribution in [-0.4, -0.2) is 29.1 Å². The Kier molecular flexibility index (Phi) is 2.90. The Bertz CT molecular complexity index is 364. The van der Waals surface area contributed by atoms with Crippen molar-refractivity contribution in [2.75, 3.05) is 18.0 Å². The first-order valence-electron chi connectivity index (χ1n) is 5.10. The van der Waals surface area contributed by atoms with Crippen LogP contribution in [0, 0.1) is 5.92 Å². The van der Waals surface area contributed by atoms with Crippen molar-refractivity contribution in [3.8, 4) is 0 Å². The number of piperidine rings is 1. The molecule has 82 valence electrons. The lowest BCUT2D eigenvalue weighted by atomic mass is 10.0. The smallest absolute Gasteiger partial charge is 0.355 e. The predicted molar refractivity (Wildman–Crippen MR) is 59.7 cm³/mol. The number of aromatic nitrogens is 1. The van der Waals surface area contributed by atoms with E-state index in [1.807, 2.05) is 0 Å². The van der Waals surface area contributed by atoms with Gasteiger partial charge in [0.25, 0.3) is 0 Å². The Morgan fingerprint density at radius 2 is 2.53 bits per heavy atom. The van der Waals surface area contributed by atoms with Crippen LogP contribution in [0.25, 0.3) is 0 Å². The summed E-state index contributed by atoms with van der Waals surface area (Å²) >= 11 is 1.42. The molecule has 0 amide bonds. The number of nitrogens with zero attached hydrogens (tertiary/aromatic N) is 2. The van der Waals surface area contributed by atoms with Crippen LogP contribution in [0.1, 0.15) is 30.3 Å². The zero-order valence-corrected chi connectivity index (χ0v) is 9.46. The van der Waals surface area contributed by atoms with Crippen LogP contribution in [0.15, 0.2) is 5.38 Å². The molecular weight excluding hydrogens is 212 g/mol. The summed E-state index contributed by atoms with van der Waals surface area (Å²) < 4.78 is 0. The van der Waals surface area contributed by atoms with Crippen LogP contribution in [0.4, 0.5) is 5.13 Å². The van der Waals surface area contributed by atoms with Crippen LogP contribution < -0.4 is 4.90 Å². The first-order chi connectivity index (χ1) is 7.16. The average Bonchev–Trinajstić information content (AvgIpc) is 2.66. The lowest BCUT2D eigenvalue weighted by Crippen LogP contribution is -2.34. The number of carboxylic acids is 1. The van der Waals surface area contributed by atoms with E-state index in [9.17, 15) is 4.79 Å². The molecule has 1 aliphatic heterocycles. The molecule has 1 aromatic heterocycles. The number of aromatic carboxylic acids is 1. The quantitative estimate of drug-likeness (QED) is 0.838. The minimum absolute atomic E-state index is 0.160. The highest BCUT2D eigenvalue weighted by Gasteiger charge is 2.20. The van der Waals surface area contributed by atoms with E-state index in [0.717, 1.165) is 18.2 Å². The first-order valence-corrected chi connectivity index (χ1v) is 5.98. The molecule has 1 saturated heterocycles. The van der Waals surface area contributed by atoms with Crippen LogP contribution in [0.3, 0.4) is 0 Å². The van der Waals surface area contributed by atoms with E-state index in [0.29, 0.717) is 5.92 Å². The van der Waals surface area contributed by atoms with Crippen molar-refractivity contribution in [1.82, 2.24) is 4.98 Å². The van der Waals surface area contributed by atoms with Gasteiger partial charge in [0.15, 0.2) is 10.8 Å². The Labute approximate surface area is 92.6 Å². The van der Waals surface area contributed by atoms with Gasteiger partial charge in [0.1, 0.15) is 0 Å². The van der Waals surface area contributed by atoms with Crippen LogP contribution in [0.2, 0.25) is 0 Å². The first kappa shape index (κ1) is 10.4. The van der Waals surface area contributed by atoms with E-state index in [1.165, 1.54) is 24.2 Å². The third-order valence-corrected chi connectivity index (χ3v) is 3.54. The summed E-state index contributed by atoms with van der Waals surface area (Å²) in [7, 11) is 0. The number of anilines is 1. The maximum Gasteiger partial charge on any atom is 0.355 e. The maximum atomic E-state index is 10.7. The van der Waals surface area contributed by atoms with Crippen molar-refractivity contribution in [2.45, 2.75) is 19.8 Å². The van der Waals surface area contributed by atoms with Gasteiger partial charge in [-0.25, -0.2) is 9.78 Å². The number of hydrogen-bond donors (Lipinski definition) is 1. The molecule has 0 bridgehead atoms. The summed E-state index contributed by atoms with van der Waals surface area (Å²) in [6.07, 6.45) is 2.43. The minimum atomic E-state index is -0.942. The average molecular weight is 226 g/mol. The third kappa shape index (κ3) is 2.28. The number of carbonyl (C=O) groups is 1. The van der Waals surface area contributed by atoms with Crippen LogP contribution in [-0.2, 0) is 0 Å². The molecule has 0 saturated carbocycles. The van der Waals surface area contributed by atoms with Crippen molar-refractivity contribution in [3.63, 3.8) is 0 Å². The summed E-state index contributed by atoms with van der Waals surface area (Å²) in [6.45, 7) is 4.21. The molecule has 0 aromatic carbocycles. The van der Waals surface area contributed by atoms with Crippen molar-refractivity contribution in [3.05, 3.63) is 11.1 Å². The molecule has 1 unspecified atom stereocenters. The summed E-state index contributed by atoms with van der Waals surface area (Å²) in [4.78, 5) is 17.0. The Morgan fingerprint density at radius 1 is 1.73 bits per heavy atom. The molecule has 0 radical (unpaired) electrons. The molecule has 1 aromatic rings. The van der Waals surface area contributed by atoms with Gasteiger partial charge in [0.2, 0.25) is 0 Å². The minimum Gasteiger partial charge on any atom is -0.476 e. The van der Waals surface area contributed by atoms with E-state index in [2.05, 4.69) is 16.8 Å². The van der Waals surface area contributed by atoms with Crippen molar-refractivity contribution in [1.29, 1.82) is 0 Å². The Balaban J connectivity index is 2.11. The van der Waals surface area contributed by atoms with Gasteiger partial charge >= 0.3 is 5.97 Å². The standard InChI is InChI=1S/C10H14N2O2S/c1-7-3-2-4-12(5-7)10-11-8(6-15-10)9(13)14/h6-7H,2-5H2,1H3,(H,13,14). The topological polar surface area (TPSA) is 53.4 Å². The highest BCUT2D eigenvalue weighted by Crippen LogP contribution is 2.25. The van der Waals surface area contributed by atoms with Crippen molar-refractivity contribution >= 4 is 22.4 Å². The molecule has 1 N–H and O–H groups in total. The predicted octanol–water partition coefficient (Wildman–Crippen LogP) is 2.08. The second-order valence-electron chi connectivity index (χ2n) is 4.01. The van der Waals surface area contributed by atoms with Crippen molar-refractivity contribution < 1.29 is 9.90 Å². The monoisotopic (exact) mass is 226 g/mol. The van der Waals surface area contributed by atoms with Gasteiger partial charge < -0.3 is 10.0 Å². The van der Waals surface area contributed by atoms with E-state index in [-0.39, 0.29) is 5.69 Å². The fourth-order valence-corrected chi connectivity index (χ4v) is 2.71. The summed E-state index contributed by atoms with van der Waals surface area (Å²) in [5, 5.41) is 11.2. The highest BCUT2D eigenvalue weighted by atomic mass is 32.1. The summed E-state index contributed by atoms with van der Waals surface area (Å²) in [5.74, 6) is -0.265. The van der Waals surface area contributed by atoms with Gasteiger partial charge in [0, 0.05) is 18.5 Å². The second kappa shape index (κ2) is 4.18. The lowest BCUT2D eigenvalue weighted by Gasteiger charge is -2.30. The van der Waals surface area contributed by atoms with Gasteiger partial charge in [-0.15, -0.1) is 11.3 Å². The third-order valence-electron chi connectivity index (χ3n) is 2.64. The normalized spacial score (nSPS) is 21.7. The van der Waals surface area contributed by atoms with Gasteiger partial charge in [-0.05, 0) is 18.8 Å². The van der Waals surface area contributed by atoms with E-state index in [4.69, 9.17) is 5.11 Å². The Hall–Kier alpha value is -1.10. The maximum absolute atomic E-state index is 10.7. The fraction of sp³-hybridized carbons (Fsp3) is 0.600. The number of rotatable bonds is 2. The molecule has 2 rings (SSSR count). The molecule has 5 heteroatoms.